The maximum Gasteiger partial charge on any atom is 0.272 e. The average molecular weight is 402 g/mol. The number of aromatic nitrogens is 2. The lowest BCUT2D eigenvalue weighted by Gasteiger charge is -2.09. The number of aromatic hydroxyl groups is 1. The number of ether oxygens (including phenoxy) is 2. The van der Waals surface area contributed by atoms with E-state index in [1.165, 1.54) is 12.1 Å². The quantitative estimate of drug-likeness (QED) is 0.661. The van der Waals surface area contributed by atoms with Crippen molar-refractivity contribution in [3.8, 4) is 28.5 Å². The third-order valence-corrected chi connectivity index (χ3v) is 4.63. The number of rotatable bonds is 6. The maximum absolute atomic E-state index is 12.5. The standard InChI is InChI=1S/C20H20ClN3O4/c1-24-17(12-4-7-18(27-2)19(9-12)28-3)10-16(23-24)20(26)22-11-13-8-14(25)5-6-15(13)21/h4-10,25H,11H2,1-3H3,(H,22,26). The van der Waals surface area contributed by atoms with Crippen molar-refractivity contribution in [1.82, 2.24) is 15.1 Å². The van der Waals surface area contributed by atoms with E-state index < -0.39 is 0 Å². The van der Waals surface area contributed by atoms with Gasteiger partial charge in [0.05, 0.1) is 19.9 Å². The summed E-state index contributed by atoms with van der Waals surface area (Å²) in [5, 5.41) is 17.1. The number of carbonyl (C=O) groups excluding carboxylic acids is 1. The van der Waals surface area contributed by atoms with Crippen molar-refractivity contribution in [3.05, 3.63) is 58.7 Å². The number of hydrogen-bond acceptors (Lipinski definition) is 5. The Labute approximate surface area is 167 Å². The van der Waals surface area contributed by atoms with Crippen LogP contribution >= 0.6 is 11.6 Å². The van der Waals surface area contributed by atoms with Gasteiger partial charge in [0.15, 0.2) is 17.2 Å². The normalized spacial score (nSPS) is 10.6. The topological polar surface area (TPSA) is 85.6 Å². The minimum absolute atomic E-state index is 0.0854. The zero-order valence-corrected chi connectivity index (χ0v) is 16.4. The van der Waals surface area contributed by atoms with Gasteiger partial charge in [-0.15, -0.1) is 0 Å². The molecular weight excluding hydrogens is 382 g/mol. The summed E-state index contributed by atoms with van der Waals surface area (Å²) in [4.78, 5) is 12.5. The predicted octanol–water partition coefficient (Wildman–Crippen LogP) is 3.39. The van der Waals surface area contributed by atoms with Crippen LogP contribution in [0.25, 0.3) is 11.3 Å². The molecular formula is C20H20ClN3O4. The number of phenols is 1. The fourth-order valence-electron chi connectivity index (χ4n) is 2.81. The van der Waals surface area contributed by atoms with E-state index >= 15 is 0 Å². The van der Waals surface area contributed by atoms with Gasteiger partial charge in [0.2, 0.25) is 0 Å². The number of nitrogens with one attached hydrogen (secondary N) is 1. The largest absolute Gasteiger partial charge is 0.508 e. The molecule has 146 valence electrons. The molecule has 3 rings (SSSR count). The highest BCUT2D eigenvalue weighted by molar-refractivity contribution is 6.31. The van der Waals surface area contributed by atoms with Gasteiger partial charge in [-0.2, -0.15) is 5.10 Å². The van der Waals surface area contributed by atoms with Crippen LogP contribution in [0.1, 0.15) is 16.1 Å². The van der Waals surface area contributed by atoms with Gasteiger partial charge in [0.25, 0.3) is 5.91 Å². The summed E-state index contributed by atoms with van der Waals surface area (Å²) in [6, 6.07) is 11.8. The number of nitrogens with zero attached hydrogens (tertiary/aromatic N) is 2. The van der Waals surface area contributed by atoms with Crippen molar-refractivity contribution in [2.45, 2.75) is 6.54 Å². The summed E-state index contributed by atoms with van der Waals surface area (Å²) in [7, 11) is 4.90. The lowest BCUT2D eigenvalue weighted by molar-refractivity contribution is 0.0945. The first kappa shape index (κ1) is 19.6. The summed E-state index contributed by atoms with van der Waals surface area (Å²) in [6.45, 7) is 0.175. The van der Waals surface area contributed by atoms with E-state index in [1.54, 1.807) is 44.1 Å². The highest BCUT2D eigenvalue weighted by Gasteiger charge is 2.16. The number of hydrogen-bond donors (Lipinski definition) is 2. The molecule has 28 heavy (non-hydrogen) atoms. The second-order valence-electron chi connectivity index (χ2n) is 6.07. The van der Waals surface area contributed by atoms with Crippen molar-refractivity contribution in [1.29, 1.82) is 0 Å². The molecule has 2 N–H and O–H groups in total. The fraction of sp³-hybridized carbons (Fsp3) is 0.200. The molecule has 0 aliphatic rings. The van der Waals surface area contributed by atoms with Crippen LogP contribution in [0, 0.1) is 0 Å². The number of carbonyl (C=O) groups is 1. The summed E-state index contributed by atoms with van der Waals surface area (Å²) < 4.78 is 12.2. The fourth-order valence-corrected chi connectivity index (χ4v) is 2.99. The molecule has 2 aromatic carbocycles. The first-order valence-electron chi connectivity index (χ1n) is 8.45. The first-order valence-corrected chi connectivity index (χ1v) is 8.82. The summed E-state index contributed by atoms with van der Waals surface area (Å²) in [6.07, 6.45) is 0. The molecule has 0 aliphatic heterocycles. The summed E-state index contributed by atoms with van der Waals surface area (Å²) in [5.74, 6) is 0.948. The van der Waals surface area contributed by atoms with Gasteiger partial charge in [-0.1, -0.05) is 11.6 Å². The van der Waals surface area contributed by atoms with E-state index in [2.05, 4.69) is 10.4 Å². The van der Waals surface area contributed by atoms with Gasteiger partial charge in [-0.3, -0.25) is 9.48 Å². The van der Waals surface area contributed by atoms with E-state index in [9.17, 15) is 9.90 Å². The van der Waals surface area contributed by atoms with Crippen LogP contribution in [0.5, 0.6) is 17.2 Å². The van der Waals surface area contributed by atoms with Gasteiger partial charge in [0.1, 0.15) is 5.75 Å². The molecule has 0 radical (unpaired) electrons. The first-order chi connectivity index (χ1) is 13.4. The Morgan fingerprint density at radius 3 is 2.61 bits per heavy atom. The molecule has 0 spiro atoms. The predicted molar refractivity (Wildman–Crippen MR) is 106 cm³/mol. The van der Waals surface area contributed by atoms with Crippen molar-refractivity contribution in [3.63, 3.8) is 0 Å². The molecule has 0 saturated carbocycles. The Morgan fingerprint density at radius 2 is 1.89 bits per heavy atom. The smallest absolute Gasteiger partial charge is 0.272 e. The maximum atomic E-state index is 12.5. The van der Waals surface area contributed by atoms with Crippen LogP contribution in [0.3, 0.4) is 0 Å². The van der Waals surface area contributed by atoms with Crippen LogP contribution in [-0.2, 0) is 13.6 Å². The molecule has 3 aromatic rings. The molecule has 0 saturated heterocycles. The Morgan fingerprint density at radius 1 is 1.14 bits per heavy atom. The second-order valence-corrected chi connectivity index (χ2v) is 6.47. The monoisotopic (exact) mass is 401 g/mol. The SMILES string of the molecule is COc1ccc(-c2cc(C(=O)NCc3cc(O)ccc3Cl)nn2C)cc1OC. The van der Waals surface area contributed by atoms with Gasteiger partial charge >= 0.3 is 0 Å². The van der Waals surface area contributed by atoms with Crippen LogP contribution in [0.15, 0.2) is 42.5 Å². The molecule has 0 atom stereocenters. The minimum atomic E-state index is -0.346. The molecule has 0 aliphatic carbocycles. The van der Waals surface area contributed by atoms with Gasteiger partial charge in [0, 0.05) is 24.2 Å². The highest BCUT2D eigenvalue weighted by Crippen LogP contribution is 2.32. The van der Waals surface area contributed by atoms with E-state index in [0.717, 1.165) is 11.3 Å². The highest BCUT2D eigenvalue weighted by atomic mass is 35.5. The second kappa shape index (κ2) is 8.22. The molecule has 8 heteroatoms. The van der Waals surface area contributed by atoms with Crippen LogP contribution in [0.4, 0.5) is 0 Å². The van der Waals surface area contributed by atoms with Crippen molar-refractivity contribution in [2.75, 3.05) is 14.2 Å². The zero-order valence-electron chi connectivity index (χ0n) is 15.7. The van der Waals surface area contributed by atoms with Crippen LogP contribution < -0.4 is 14.8 Å². The van der Waals surface area contributed by atoms with Crippen molar-refractivity contribution >= 4 is 17.5 Å². The number of aryl methyl sites for hydroxylation is 1. The van der Waals surface area contributed by atoms with Crippen LogP contribution in [-0.4, -0.2) is 35.0 Å². The van der Waals surface area contributed by atoms with E-state index in [1.807, 2.05) is 12.1 Å². The zero-order chi connectivity index (χ0) is 20.3. The average Bonchev–Trinajstić information content (AvgIpc) is 3.09. The lowest BCUT2D eigenvalue weighted by Crippen LogP contribution is -2.23. The van der Waals surface area contributed by atoms with Crippen LogP contribution in [0.2, 0.25) is 5.02 Å². The number of methoxy groups -OCH3 is 2. The van der Waals surface area contributed by atoms with Gasteiger partial charge in [-0.25, -0.2) is 0 Å². The molecule has 0 unspecified atom stereocenters. The number of phenolic OH excluding ortho intramolecular Hbond substituents is 1. The third kappa shape index (κ3) is 4.04. The van der Waals surface area contributed by atoms with Gasteiger partial charge < -0.3 is 19.9 Å². The Balaban J connectivity index is 1.80. The molecule has 0 bridgehead atoms. The Bertz CT molecular complexity index is 1020. The summed E-state index contributed by atoms with van der Waals surface area (Å²) in [5.41, 5.74) is 2.47. The minimum Gasteiger partial charge on any atom is -0.508 e. The van der Waals surface area contributed by atoms with E-state index in [-0.39, 0.29) is 23.9 Å². The van der Waals surface area contributed by atoms with E-state index in [0.29, 0.717) is 22.1 Å². The number of amides is 1. The third-order valence-electron chi connectivity index (χ3n) is 4.26. The molecule has 1 aromatic heterocycles. The van der Waals surface area contributed by atoms with Gasteiger partial charge in [-0.05, 0) is 48.0 Å². The lowest BCUT2D eigenvalue weighted by atomic mass is 10.1. The molecule has 1 heterocycles. The van der Waals surface area contributed by atoms with E-state index in [4.69, 9.17) is 21.1 Å². The number of benzene rings is 2. The van der Waals surface area contributed by atoms with Crippen molar-refractivity contribution in [2.24, 2.45) is 7.05 Å². The molecule has 0 fully saturated rings. The van der Waals surface area contributed by atoms with Crippen molar-refractivity contribution < 1.29 is 19.4 Å². The molecule has 7 nitrogen and oxygen atoms in total. The number of halogens is 1. The summed E-state index contributed by atoms with van der Waals surface area (Å²) >= 11 is 6.08. The molecule has 1 amide bonds. The Hall–Kier alpha value is -3.19. The Kier molecular flexibility index (Phi) is 5.75.